The Morgan fingerprint density at radius 1 is 1.35 bits per heavy atom. The fourth-order valence-corrected chi connectivity index (χ4v) is 1.32. The molecule has 0 aliphatic carbocycles. The summed E-state index contributed by atoms with van der Waals surface area (Å²) in [6, 6.07) is 6.29. The van der Waals surface area contributed by atoms with Gasteiger partial charge in [-0.2, -0.15) is 5.26 Å². The van der Waals surface area contributed by atoms with Crippen molar-refractivity contribution >= 4 is 0 Å². The Morgan fingerprint density at radius 3 is 2.65 bits per heavy atom. The quantitative estimate of drug-likeness (QED) is 0.746. The van der Waals surface area contributed by atoms with E-state index in [4.69, 9.17) is 10.00 Å². The van der Waals surface area contributed by atoms with Gasteiger partial charge in [0.25, 0.3) is 0 Å². The van der Waals surface area contributed by atoms with E-state index in [-0.39, 0.29) is 17.8 Å². The molecule has 0 fully saturated rings. The Labute approximate surface area is 102 Å². The molecule has 0 aliphatic rings. The summed E-state index contributed by atoms with van der Waals surface area (Å²) in [7, 11) is 0. The van der Waals surface area contributed by atoms with Crippen molar-refractivity contribution in [2.24, 2.45) is 5.41 Å². The zero-order valence-electron chi connectivity index (χ0n) is 10.6. The number of nitrogens with zero attached hydrogens (tertiary/aromatic N) is 1. The van der Waals surface area contributed by atoms with E-state index in [1.165, 1.54) is 18.2 Å². The average Bonchev–Trinajstić information content (AvgIpc) is 2.25. The van der Waals surface area contributed by atoms with Crippen LogP contribution < -0.4 is 0 Å². The van der Waals surface area contributed by atoms with Crippen molar-refractivity contribution in [1.29, 1.82) is 5.26 Å². The molecular formula is C14H18FNO. The molecule has 0 heterocycles. The highest BCUT2D eigenvalue weighted by Crippen LogP contribution is 2.18. The van der Waals surface area contributed by atoms with Crippen LogP contribution in [-0.2, 0) is 11.3 Å². The number of benzene rings is 1. The molecule has 0 N–H and O–H groups in total. The van der Waals surface area contributed by atoms with Crippen LogP contribution in [0.3, 0.4) is 0 Å². The van der Waals surface area contributed by atoms with E-state index in [1.54, 1.807) is 0 Å². The van der Waals surface area contributed by atoms with Gasteiger partial charge in [0.15, 0.2) is 0 Å². The first-order valence-corrected chi connectivity index (χ1v) is 5.69. The Kier molecular flexibility index (Phi) is 4.65. The van der Waals surface area contributed by atoms with Gasteiger partial charge in [-0.05, 0) is 30.0 Å². The molecule has 92 valence electrons. The van der Waals surface area contributed by atoms with Gasteiger partial charge in [0.1, 0.15) is 5.82 Å². The van der Waals surface area contributed by atoms with E-state index < -0.39 is 0 Å². The van der Waals surface area contributed by atoms with Crippen LogP contribution in [0.25, 0.3) is 0 Å². The monoisotopic (exact) mass is 235 g/mol. The second-order valence-corrected chi connectivity index (χ2v) is 5.28. The van der Waals surface area contributed by atoms with Gasteiger partial charge in [0.05, 0.1) is 18.2 Å². The van der Waals surface area contributed by atoms with E-state index in [0.717, 1.165) is 6.42 Å². The lowest BCUT2D eigenvalue weighted by molar-refractivity contribution is 0.0943. The first kappa shape index (κ1) is 13.7. The molecule has 0 aliphatic heterocycles. The smallest absolute Gasteiger partial charge is 0.128 e. The zero-order chi connectivity index (χ0) is 12.9. The van der Waals surface area contributed by atoms with Gasteiger partial charge in [-0.1, -0.05) is 20.8 Å². The summed E-state index contributed by atoms with van der Waals surface area (Å²) in [4.78, 5) is 0. The molecule has 1 rings (SSSR count). The van der Waals surface area contributed by atoms with Crippen molar-refractivity contribution in [1.82, 2.24) is 0 Å². The summed E-state index contributed by atoms with van der Waals surface area (Å²) in [6.07, 6.45) is 0.923. The predicted molar refractivity (Wildman–Crippen MR) is 64.8 cm³/mol. The van der Waals surface area contributed by atoms with Crippen LogP contribution in [0.15, 0.2) is 18.2 Å². The van der Waals surface area contributed by atoms with E-state index in [1.807, 2.05) is 6.07 Å². The third-order valence-electron chi connectivity index (χ3n) is 2.43. The van der Waals surface area contributed by atoms with Crippen LogP contribution >= 0.6 is 0 Å². The topological polar surface area (TPSA) is 33.0 Å². The highest BCUT2D eigenvalue weighted by atomic mass is 19.1. The van der Waals surface area contributed by atoms with E-state index in [2.05, 4.69) is 20.8 Å². The summed E-state index contributed by atoms with van der Waals surface area (Å²) in [6.45, 7) is 7.21. The summed E-state index contributed by atoms with van der Waals surface area (Å²) in [5.74, 6) is -0.320. The Morgan fingerprint density at radius 2 is 2.06 bits per heavy atom. The maximum absolute atomic E-state index is 13.4. The summed E-state index contributed by atoms with van der Waals surface area (Å²) < 4.78 is 18.8. The standard InChI is InChI=1S/C14H18FNO/c1-14(2,3)6-7-17-10-12-8-11(9-16)4-5-13(12)15/h4-5,8H,6-7,10H2,1-3H3. The van der Waals surface area contributed by atoms with Crippen molar-refractivity contribution in [3.05, 3.63) is 35.1 Å². The molecule has 2 nitrogen and oxygen atoms in total. The number of hydrogen-bond donors (Lipinski definition) is 0. The molecule has 1 aromatic rings. The SMILES string of the molecule is CC(C)(C)CCOCc1cc(C#N)ccc1F. The van der Waals surface area contributed by atoms with Crippen molar-refractivity contribution in [3.63, 3.8) is 0 Å². The second-order valence-electron chi connectivity index (χ2n) is 5.28. The molecule has 1 aromatic carbocycles. The molecule has 0 radical (unpaired) electrons. The van der Waals surface area contributed by atoms with Crippen LogP contribution in [0.5, 0.6) is 0 Å². The average molecular weight is 235 g/mol. The summed E-state index contributed by atoms with van der Waals surface area (Å²) in [5.41, 5.74) is 1.12. The zero-order valence-corrected chi connectivity index (χ0v) is 10.6. The predicted octanol–water partition coefficient (Wildman–Crippen LogP) is 3.65. The lowest BCUT2D eigenvalue weighted by Crippen LogP contribution is -2.09. The number of ether oxygens (including phenoxy) is 1. The fraction of sp³-hybridized carbons (Fsp3) is 0.500. The van der Waals surface area contributed by atoms with Crippen LogP contribution in [0, 0.1) is 22.6 Å². The second kappa shape index (κ2) is 5.79. The minimum Gasteiger partial charge on any atom is -0.377 e. The maximum Gasteiger partial charge on any atom is 0.128 e. The number of hydrogen-bond acceptors (Lipinski definition) is 2. The van der Waals surface area contributed by atoms with E-state index in [0.29, 0.717) is 17.7 Å². The minimum absolute atomic E-state index is 0.215. The van der Waals surface area contributed by atoms with Crippen molar-refractivity contribution < 1.29 is 9.13 Å². The lowest BCUT2D eigenvalue weighted by Gasteiger charge is -2.17. The van der Waals surface area contributed by atoms with Crippen molar-refractivity contribution in [3.8, 4) is 6.07 Å². The van der Waals surface area contributed by atoms with Crippen LogP contribution in [0.2, 0.25) is 0 Å². The molecule has 0 atom stereocenters. The van der Waals surface area contributed by atoms with Gasteiger partial charge < -0.3 is 4.74 Å². The molecule has 0 spiro atoms. The van der Waals surface area contributed by atoms with Gasteiger partial charge in [-0.15, -0.1) is 0 Å². The number of rotatable bonds is 4. The van der Waals surface area contributed by atoms with Crippen LogP contribution in [0.1, 0.15) is 38.3 Å². The fourth-order valence-electron chi connectivity index (χ4n) is 1.32. The molecule has 0 bridgehead atoms. The molecule has 0 saturated carbocycles. The molecule has 3 heteroatoms. The van der Waals surface area contributed by atoms with E-state index >= 15 is 0 Å². The molecule has 0 saturated heterocycles. The third kappa shape index (κ3) is 4.97. The van der Waals surface area contributed by atoms with Gasteiger partial charge in [-0.3, -0.25) is 0 Å². The first-order chi connectivity index (χ1) is 7.92. The largest absolute Gasteiger partial charge is 0.377 e. The molecule has 0 unspecified atom stereocenters. The van der Waals surface area contributed by atoms with Crippen LogP contribution in [0.4, 0.5) is 4.39 Å². The summed E-state index contributed by atoms with van der Waals surface area (Å²) >= 11 is 0. The minimum atomic E-state index is -0.320. The van der Waals surface area contributed by atoms with Crippen molar-refractivity contribution in [2.45, 2.75) is 33.8 Å². The Bertz CT molecular complexity index is 415. The van der Waals surface area contributed by atoms with Gasteiger partial charge in [0, 0.05) is 12.2 Å². The number of halogens is 1. The normalized spacial score (nSPS) is 11.2. The number of nitriles is 1. The van der Waals surface area contributed by atoms with Gasteiger partial charge >= 0.3 is 0 Å². The molecule has 0 aromatic heterocycles. The third-order valence-corrected chi connectivity index (χ3v) is 2.43. The molecular weight excluding hydrogens is 217 g/mol. The molecule has 17 heavy (non-hydrogen) atoms. The lowest BCUT2D eigenvalue weighted by atomic mass is 9.93. The van der Waals surface area contributed by atoms with Gasteiger partial charge in [0.2, 0.25) is 0 Å². The van der Waals surface area contributed by atoms with Gasteiger partial charge in [-0.25, -0.2) is 4.39 Å². The highest BCUT2D eigenvalue weighted by Gasteiger charge is 2.10. The molecule has 0 amide bonds. The summed E-state index contributed by atoms with van der Waals surface area (Å²) in [5, 5.41) is 8.72. The van der Waals surface area contributed by atoms with E-state index in [9.17, 15) is 4.39 Å². The Hall–Kier alpha value is -1.40. The highest BCUT2D eigenvalue weighted by molar-refractivity contribution is 5.33. The first-order valence-electron chi connectivity index (χ1n) is 5.69. The maximum atomic E-state index is 13.4. The Balaban J connectivity index is 2.49. The van der Waals surface area contributed by atoms with Crippen molar-refractivity contribution in [2.75, 3.05) is 6.61 Å². The van der Waals surface area contributed by atoms with Crippen LogP contribution in [-0.4, -0.2) is 6.61 Å².